The molecule has 4 aromatic rings. The molecule has 1 aliphatic carbocycles. The third-order valence-corrected chi connectivity index (χ3v) is 9.23. The highest BCUT2D eigenvalue weighted by atomic mass is 32.2. The Hall–Kier alpha value is -3.29. The smallest absolute Gasteiger partial charge is 0.295 e. The van der Waals surface area contributed by atoms with Gasteiger partial charge < -0.3 is 10.1 Å². The van der Waals surface area contributed by atoms with Crippen molar-refractivity contribution in [3.63, 3.8) is 0 Å². The number of halogens is 2. The fraction of sp³-hybridized carbons (Fsp3) is 0.429. The van der Waals surface area contributed by atoms with E-state index in [1.807, 2.05) is 12.3 Å². The van der Waals surface area contributed by atoms with Gasteiger partial charge in [-0.15, -0.1) is 11.3 Å². The molecular weight excluding hydrogens is 572 g/mol. The van der Waals surface area contributed by atoms with E-state index in [4.69, 9.17) is 4.74 Å². The van der Waals surface area contributed by atoms with E-state index in [1.165, 1.54) is 15.9 Å². The lowest BCUT2D eigenvalue weighted by Crippen LogP contribution is -2.21. The van der Waals surface area contributed by atoms with Gasteiger partial charge in [0.25, 0.3) is 6.43 Å². The predicted molar refractivity (Wildman–Crippen MR) is 151 cm³/mol. The van der Waals surface area contributed by atoms with Crippen LogP contribution in [0.5, 0.6) is 0 Å². The minimum absolute atomic E-state index is 0.00847. The first kappa shape index (κ1) is 27.9. The third-order valence-electron chi connectivity index (χ3n) is 7.32. The van der Waals surface area contributed by atoms with Gasteiger partial charge in [-0.05, 0) is 57.2 Å². The van der Waals surface area contributed by atoms with Crippen LogP contribution < -0.4 is 5.32 Å². The molecular formula is C28H29F2N5O4S2. The molecule has 1 aliphatic heterocycles. The zero-order valence-electron chi connectivity index (χ0n) is 22.6. The first-order valence-corrected chi connectivity index (χ1v) is 16.2. The standard InChI is InChI=1S/C28H29F2N5O4S2/c1-15-31-21(14-40-15)17-8-9-19(23(11-17)41(2,37)38)33-20-12-18(13-22(36)16-6-7-16)32-27-25(20)34-28(26(29)30)35(27)24-5-3-4-10-39-24/h8-9,11-12,14,16,24,26H,3-7,10,13H2,1-2H3,(H,32,33). The number of ketones is 1. The average molecular weight is 602 g/mol. The van der Waals surface area contributed by atoms with Crippen LogP contribution in [-0.2, 0) is 25.8 Å². The van der Waals surface area contributed by atoms with Gasteiger partial charge in [0, 0.05) is 36.1 Å². The zero-order valence-corrected chi connectivity index (χ0v) is 24.2. The number of hydrogen-bond acceptors (Lipinski definition) is 9. The maximum absolute atomic E-state index is 14.3. The number of imidazole rings is 1. The maximum Gasteiger partial charge on any atom is 0.295 e. The summed E-state index contributed by atoms with van der Waals surface area (Å²) in [4.78, 5) is 26.1. The Morgan fingerprint density at radius 1 is 1.15 bits per heavy atom. The Morgan fingerprint density at radius 2 is 1.95 bits per heavy atom. The molecule has 216 valence electrons. The molecule has 0 spiro atoms. The zero-order chi connectivity index (χ0) is 28.9. The maximum atomic E-state index is 14.3. The minimum Gasteiger partial charge on any atom is -0.358 e. The number of sulfone groups is 1. The van der Waals surface area contributed by atoms with E-state index in [2.05, 4.69) is 20.3 Å². The molecule has 1 N–H and O–H groups in total. The van der Waals surface area contributed by atoms with Crippen LogP contribution in [0.3, 0.4) is 0 Å². The van der Waals surface area contributed by atoms with Crippen molar-refractivity contribution in [2.75, 3.05) is 18.2 Å². The van der Waals surface area contributed by atoms with Crippen molar-refractivity contribution in [3.8, 4) is 11.3 Å². The summed E-state index contributed by atoms with van der Waals surface area (Å²) in [6.45, 7) is 2.30. The van der Waals surface area contributed by atoms with Crippen LogP contribution in [0.1, 0.15) is 61.3 Å². The van der Waals surface area contributed by atoms with E-state index in [0.717, 1.165) is 36.9 Å². The molecule has 1 saturated heterocycles. The Kier molecular flexibility index (Phi) is 7.37. The molecule has 1 aromatic carbocycles. The molecule has 2 aliphatic rings. The number of thiazole rings is 1. The fourth-order valence-corrected chi connectivity index (χ4v) is 6.63. The molecule has 3 aromatic heterocycles. The van der Waals surface area contributed by atoms with Crippen LogP contribution in [0.2, 0.25) is 0 Å². The number of nitrogens with zero attached hydrogens (tertiary/aromatic N) is 4. The highest BCUT2D eigenvalue weighted by molar-refractivity contribution is 7.90. The largest absolute Gasteiger partial charge is 0.358 e. The van der Waals surface area contributed by atoms with Gasteiger partial charge in [0.2, 0.25) is 0 Å². The number of fused-ring (bicyclic) bond motifs is 1. The van der Waals surface area contributed by atoms with Crippen molar-refractivity contribution < 1.29 is 26.7 Å². The van der Waals surface area contributed by atoms with E-state index in [-0.39, 0.29) is 45.6 Å². The van der Waals surface area contributed by atoms with E-state index in [0.29, 0.717) is 30.0 Å². The van der Waals surface area contributed by atoms with Crippen molar-refractivity contribution in [3.05, 3.63) is 46.2 Å². The number of alkyl halides is 2. The van der Waals surface area contributed by atoms with Crippen molar-refractivity contribution in [1.29, 1.82) is 0 Å². The Bertz CT molecular complexity index is 1740. The van der Waals surface area contributed by atoms with Crippen LogP contribution in [0.15, 0.2) is 34.5 Å². The number of benzene rings is 1. The van der Waals surface area contributed by atoms with Gasteiger partial charge in [-0.2, -0.15) is 0 Å². The number of anilines is 2. The first-order chi connectivity index (χ1) is 19.6. The van der Waals surface area contributed by atoms with Crippen molar-refractivity contribution >= 4 is 49.5 Å². The molecule has 0 bridgehead atoms. The Morgan fingerprint density at radius 3 is 2.59 bits per heavy atom. The molecule has 2 fully saturated rings. The number of Topliss-reactive ketones (excluding diaryl/α,β-unsaturated/α-hetero) is 1. The van der Waals surface area contributed by atoms with Gasteiger partial charge >= 0.3 is 0 Å². The highest BCUT2D eigenvalue weighted by Crippen LogP contribution is 2.38. The van der Waals surface area contributed by atoms with Crippen molar-refractivity contribution in [1.82, 2.24) is 19.5 Å². The van der Waals surface area contributed by atoms with E-state index in [1.54, 1.807) is 24.3 Å². The molecule has 6 rings (SSSR count). The Balaban J connectivity index is 1.50. The second-order valence-corrected chi connectivity index (χ2v) is 13.6. The number of pyridine rings is 1. The number of rotatable bonds is 9. The van der Waals surface area contributed by atoms with Gasteiger partial charge in [-0.1, -0.05) is 6.07 Å². The van der Waals surface area contributed by atoms with Crippen LogP contribution in [0.25, 0.3) is 22.4 Å². The summed E-state index contributed by atoms with van der Waals surface area (Å²) in [7, 11) is -3.72. The second kappa shape index (κ2) is 10.8. The number of ether oxygens (including phenoxy) is 1. The second-order valence-electron chi connectivity index (χ2n) is 10.6. The predicted octanol–water partition coefficient (Wildman–Crippen LogP) is 6.17. The molecule has 0 amide bonds. The lowest BCUT2D eigenvalue weighted by molar-refractivity contribution is -0.119. The molecule has 13 heteroatoms. The molecule has 0 radical (unpaired) electrons. The number of aromatic nitrogens is 4. The number of carbonyl (C=O) groups is 1. The van der Waals surface area contributed by atoms with Gasteiger partial charge in [0.1, 0.15) is 17.5 Å². The van der Waals surface area contributed by atoms with Gasteiger partial charge in [-0.25, -0.2) is 32.2 Å². The summed E-state index contributed by atoms with van der Waals surface area (Å²) in [5, 5.41) is 5.84. The topological polar surface area (TPSA) is 116 Å². The quantitative estimate of drug-likeness (QED) is 0.242. The van der Waals surface area contributed by atoms with Crippen LogP contribution >= 0.6 is 11.3 Å². The first-order valence-electron chi connectivity index (χ1n) is 13.5. The lowest BCUT2D eigenvalue weighted by atomic mass is 10.1. The molecule has 41 heavy (non-hydrogen) atoms. The molecule has 1 atom stereocenters. The number of hydrogen-bond donors (Lipinski definition) is 1. The summed E-state index contributed by atoms with van der Waals surface area (Å²) in [6.07, 6.45) is 1.41. The number of aryl methyl sites for hydroxylation is 1. The SMILES string of the molecule is Cc1nc(-c2ccc(Nc3cc(CC(=O)C4CC4)nc4c3nc(C(F)F)n4C3CCCCO3)c(S(C)(=O)=O)c2)cs1. The minimum atomic E-state index is -3.72. The molecule has 4 heterocycles. The monoisotopic (exact) mass is 601 g/mol. The third kappa shape index (κ3) is 5.75. The van der Waals surface area contributed by atoms with E-state index in [9.17, 15) is 22.0 Å². The Labute approximate surface area is 239 Å². The molecule has 9 nitrogen and oxygen atoms in total. The lowest BCUT2D eigenvalue weighted by Gasteiger charge is -2.25. The normalized spacial score (nSPS) is 17.8. The van der Waals surface area contributed by atoms with Gasteiger partial charge in [0.05, 0.1) is 32.7 Å². The van der Waals surface area contributed by atoms with E-state index < -0.39 is 28.3 Å². The average Bonchev–Trinajstić information content (AvgIpc) is 3.58. The summed E-state index contributed by atoms with van der Waals surface area (Å²) in [6, 6.07) is 6.51. The van der Waals surface area contributed by atoms with E-state index >= 15 is 0 Å². The van der Waals surface area contributed by atoms with Crippen LogP contribution in [0, 0.1) is 12.8 Å². The van der Waals surface area contributed by atoms with Crippen LogP contribution in [0.4, 0.5) is 20.2 Å². The fourth-order valence-electron chi connectivity index (χ4n) is 5.14. The van der Waals surface area contributed by atoms with Crippen molar-refractivity contribution in [2.45, 2.75) is 63.0 Å². The number of carbonyl (C=O) groups excluding carboxylic acids is 1. The van der Waals surface area contributed by atoms with Crippen LogP contribution in [-0.4, -0.2) is 46.6 Å². The molecule has 1 unspecified atom stereocenters. The van der Waals surface area contributed by atoms with Gasteiger partial charge in [-0.3, -0.25) is 9.36 Å². The molecule has 1 saturated carbocycles. The highest BCUT2D eigenvalue weighted by Gasteiger charge is 2.32. The summed E-state index contributed by atoms with van der Waals surface area (Å²) >= 11 is 1.46. The number of nitrogens with one attached hydrogen (secondary N) is 1. The summed E-state index contributed by atoms with van der Waals surface area (Å²) in [5.74, 6) is -0.451. The van der Waals surface area contributed by atoms with Crippen molar-refractivity contribution in [2.24, 2.45) is 5.92 Å². The van der Waals surface area contributed by atoms with Gasteiger partial charge in [0.15, 0.2) is 21.3 Å². The summed E-state index contributed by atoms with van der Waals surface area (Å²) in [5.41, 5.74) is 2.54. The summed E-state index contributed by atoms with van der Waals surface area (Å²) < 4.78 is 61.6.